The highest BCUT2D eigenvalue weighted by Crippen LogP contribution is 2.31. The minimum atomic E-state index is -0.727. The van der Waals surface area contributed by atoms with E-state index in [4.69, 9.17) is 26.2 Å². The second kappa shape index (κ2) is 9.88. The number of phenols is 1. The Morgan fingerprint density at radius 2 is 1.93 bits per heavy atom. The van der Waals surface area contributed by atoms with Crippen molar-refractivity contribution in [3.8, 4) is 5.75 Å². The van der Waals surface area contributed by atoms with E-state index >= 15 is 0 Å². The van der Waals surface area contributed by atoms with Crippen LogP contribution in [0.1, 0.15) is 28.4 Å². The fourth-order valence-electron chi connectivity index (χ4n) is 3.81. The van der Waals surface area contributed by atoms with E-state index in [0.29, 0.717) is 18.2 Å². The number of aromatic hydroxyl groups is 1. The first kappa shape index (κ1) is 22.0. The molecule has 1 amide bonds. The Labute approximate surface area is 178 Å². The molecule has 2 aliphatic heterocycles. The van der Waals surface area contributed by atoms with Gasteiger partial charge in [0.05, 0.1) is 18.3 Å². The molecule has 2 fully saturated rings. The van der Waals surface area contributed by atoms with Crippen molar-refractivity contribution in [1.29, 1.82) is 0 Å². The normalized spacial score (nSPS) is 23.1. The van der Waals surface area contributed by atoms with Crippen molar-refractivity contribution in [1.82, 2.24) is 10.2 Å². The second-order valence-electron chi connectivity index (χ2n) is 7.16. The van der Waals surface area contributed by atoms with Gasteiger partial charge in [-0.2, -0.15) is 0 Å². The maximum Gasteiger partial charge on any atom is 0.290 e. The first-order chi connectivity index (χ1) is 14.4. The molecule has 0 aliphatic carbocycles. The summed E-state index contributed by atoms with van der Waals surface area (Å²) in [6.07, 6.45) is 0.737. The minimum absolute atomic E-state index is 0.0255. The molecule has 2 heterocycles. The molecule has 160 valence electrons. The van der Waals surface area contributed by atoms with Gasteiger partial charge >= 0.3 is 0 Å². The standard InChI is InChI=1S/C20H20ClFN2O3.CH2O2/c21-13-3-1-12(2-4-13)19-10-24-9-14(7-15(24)11-27-19)23-20(26)17-6-5-16(25)8-18(17)22;2-1-3/h1-6,8,14-15,19,25H,7,9-11H2,(H,23,26);1H,(H,2,3)/t14-,15-,19+;/m0./s1. The van der Waals surface area contributed by atoms with Crippen LogP contribution in [0.3, 0.4) is 0 Å². The molecule has 0 aromatic heterocycles. The molecule has 2 aliphatic rings. The van der Waals surface area contributed by atoms with Crippen LogP contribution >= 0.6 is 11.6 Å². The van der Waals surface area contributed by atoms with Crippen LogP contribution in [0.25, 0.3) is 0 Å². The molecule has 0 radical (unpaired) electrons. The van der Waals surface area contributed by atoms with Crippen molar-refractivity contribution in [3.63, 3.8) is 0 Å². The Balaban J connectivity index is 0.000000806. The maximum atomic E-state index is 13.9. The zero-order chi connectivity index (χ0) is 21.7. The lowest BCUT2D eigenvalue weighted by Gasteiger charge is -2.35. The number of carboxylic acid groups (broad SMARTS) is 1. The molecule has 0 spiro atoms. The Bertz CT molecular complexity index is 895. The Kier molecular flexibility index (Phi) is 7.25. The first-order valence-corrected chi connectivity index (χ1v) is 9.77. The Morgan fingerprint density at radius 3 is 2.60 bits per heavy atom. The molecule has 30 heavy (non-hydrogen) atoms. The van der Waals surface area contributed by atoms with Gasteiger partial charge in [-0.1, -0.05) is 23.7 Å². The first-order valence-electron chi connectivity index (χ1n) is 9.39. The topological polar surface area (TPSA) is 99.1 Å². The van der Waals surface area contributed by atoms with Crippen LogP contribution in [0.2, 0.25) is 5.02 Å². The van der Waals surface area contributed by atoms with Gasteiger partial charge in [-0.25, -0.2) is 4.39 Å². The number of carbonyl (C=O) groups is 2. The number of nitrogens with one attached hydrogen (secondary N) is 1. The summed E-state index contributed by atoms with van der Waals surface area (Å²) in [6, 6.07) is 11.4. The number of halogens is 2. The number of amides is 1. The summed E-state index contributed by atoms with van der Waals surface area (Å²) in [5.41, 5.74) is 1.02. The van der Waals surface area contributed by atoms with Gasteiger partial charge in [-0.3, -0.25) is 14.5 Å². The summed E-state index contributed by atoms with van der Waals surface area (Å²) in [5, 5.41) is 19.8. The van der Waals surface area contributed by atoms with E-state index < -0.39 is 11.7 Å². The molecule has 0 bridgehead atoms. The summed E-state index contributed by atoms with van der Waals surface area (Å²) in [5.74, 6) is -1.39. The van der Waals surface area contributed by atoms with Crippen molar-refractivity contribution < 1.29 is 28.9 Å². The van der Waals surface area contributed by atoms with E-state index in [1.165, 1.54) is 12.1 Å². The quantitative estimate of drug-likeness (QED) is 0.640. The average molecular weight is 437 g/mol. The highest BCUT2D eigenvalue weighted by molar-refractivity contribution is 6.30. The zero-order valence-corrected chi connectivity index (χ0v) is 16.8. The summed E-state index contributed by atoms with van der Waals surface area (Å²) in [4.78, 5) is 23.0. The van der Waals surface area contributed by atoms with Crippen LogP contribution < -0.4 is 5.32 Å². The van der Waals surface area contributed by atoms with Gasteiger partial charge in [0.15, 0.2) is 0 Å². The molecule has 2 saturated heterocycles. The second-order valence-corrected chi connectivity index (χ2v) is 7.59. The van der Waals surface area contributed by atoms with E-state index in [1.54, 1.807) is 0 Å². The average Bonchev–Trinajstić information content (AvgIpc) is 3.10. The minimum Gasteiger partial charge on any atom is -0.508 e. The van der Waals surface area contributed by atoms with Gasteiger partial charge in [0.25, 0.3) is 12.4 Å². The van der Waals surface area contributed by atoms with Gasteiger partial charge in [0.1, 0.15) is 11.6 Å². The van der Waals surface area contributed by atoms with Crippen LogP contribution in [0.5, 0.6) is 5.75 Å². The van der Waals surface area contributed by atoms with Crippen molar-refractivity contribution in [2.24, 2.45) is 0 Å². The predicted octanol–water partition coefficient (Wildman–Crippen LogP) is 2.83. The van der Waals surface area contributed by atoms with Crippen LogP contribution in [-0.2, 0) is 9.53 Å². The number of benzene rings is 2. The van der Waals surface area contributed by atoms with Crippen LogP contribution in [0.4, 0.5) is 4.39 Å². The number of hydrogen-bond acceptors (Lipinski definition) is 5. The number of morpholine rings is 1. The number of hydrogen-bond donors (Lipinski definition) is 3. The number of carbonyl (C=O) groups excluding carboxylic acids is 1. The van der Waals surface area contributed by atoms with Gasteiger partial charge in [-0.15, -0.1) is 0 Å². The number of nitrogens with zero attached hydrogens (tertiary/aromatic N) is 1. The van der Waals surface area contributed by atoms with E-state index in [2.05, 4.69) is 10.2 Å². The molecule has 2 aromatic rings. The monoisotopic (exact) mass is 436 g/mol. The third-order valence-electron chi connectivity index (χ3n) is 5.19. The molecule has 0 saturated carbocycles. The van der Waals surface area contributed by atoms with E-state index in [9.17, 15) is 14.3 Å². The molecule has 9 heteroatoms. The summed E-state index contributed by atoms with van der Waals surface area (Å²) >= 11 is 5.95. The van der Waals surface area contributed by atoms with Gasteiger partial charge in [0.2, 0.25) is 0 Å². The van der Waals surface area contributed by atoms with E-state index in [0.717, 1.165) is 24.6 Å². The van der Waals surface area contributed by atoms with Gasteiger partial charge < -0.3 is 20.3 Å². The molecule has 0 unspecified atom stereocenters. The summed E-state index contributed by atoms with van der Waals surface area (Å²) in [7, 11) is 0. The van der Waals surface area contributed by atoms with Crippen LogP contribution in [0, 0.1) is 5.82 Å². The fourth-order valence-corrected chi connectivity index (χ4v) is 3.94. The SMILES string of the molecule is O=C(N[C@H]1C[C@H]2CO[C@@H](c3ccc(Cl)cc3)CN2C1)c1ccc(O)cc1F.O=CO. The van der Waals surface area contributed by atoms with Crippen molar-refractivity contribution in [3.05, 3.63) is 64.4 Å². The number of ether oxygens (including phenoxy) is 1. The Morgan fingerprint density at radius 1 is 1.23 bits per heavy atom. The van der Waals surface area contributed by atoms with Crippen molar-refractivity contribution >= 4 is 24.0 Å². The van der Waals surface area contributed by atoms with E-state index in [-0.39, 0.29) is 36.0 Å². The molecule has 2 aromatic carbocycles. The van der Waals surface area contributed by atoms with Gasteiger partial charge in [-0.05, 0) is 36.2 Å². The summed E-state index contributed by atoms with van der Waals surface area (Å²) < 4.78 is 19.9. The third-order valence-corrected chi connectivity index (χ3v) is 5.44. The molecular weight excluding hydrogens is 415 g/mol. The van der Waals surface area contributed by atoms with E-state index in [1.807, 2.05) is 24.3 Å². The molecular formula is C21H22ClFN2O5. The lowest BCUT2D eigenvalue weighted by molar-refractivity contribution is -0.122. The molecule has 4 rings (SSSR count). The fraction of sp³-hybridized carbons (Fsp3) is 0.333. The Hall–Kier alpha value is -2.68. The lowest BCUT2D eigenvalue weighted by atomic mass is 10.1. The smallest absolute Gasteiger partial charge is 0.290 e. The summed E-state index contributed by atoms with van der Waals surface area (Å²) in [6.45, 7) is 1.78. The number of fused-ring (bicyclic) bond motifs is 1. The number of rotatable bonds is 3. The van der Waals surface area contributed by atoms with Crippen LogP contribution in [0.15, 0.2) is 42.5 Å². The van der Waals surface area contributed by atoms with Crippen LogP contribution in [-0.4, -0.2) is 59.3 Å². The maximum absolute atomic E-state index is 13.9. The van der Waals surface area contributed by atoms with Crippen molar-refractivity contribution in [2.75, 3.05) is 19.7 Å². The number of phenolic OH excluding ortho intramolecular Hbond substituents is 1. The largest absolute Gasteiger partial charge is 0.508 e. The highest BCUT2D eigenvalue weighted by atomic mass is 35.5. The van der Waals surface area contributed by atoms with Crippen molar-refractivity contribution in [2.45, 2.75) is 24.6 Å². The highest BCUT2D eigenvalue weighted by Gasteiger charge is 2.38. The predicted molar refractivity (Wildman–Crippen MR) is 108 cm³/mol. The lowest BCUT2D eigenvalue weighted by Crippen LogP contribution is -2.43. The zero-order valence-electron chi connectivity index (χ0n) is 16.0. The third kappa shape index (κ3) is 5.27. The molecule has 3 N–H and O–H groups in total. The molecule has 3 atom stereocenters. The van der Waals surface area contributed by atoms with Gasteiger partial charge in [0, 0.05) is 36.3 Å². The molecule has 7 nitrogen and oxygen atoms in total.